The van der Waals surface area contributed by atoms with E-state index in [-0.39, 0.29) is 11.4 Å². The molecule has 1 saturated carbocycles. The maximum Gasteiger partial charge on any atom is 0.285 e. The molecule has 23 heavy (non-hydrogen) atoms. The first-order valence-corrected chi connectivity index (χ1v) is 10.2. The molecule has 2 aliphatic rings. The minimum absolute atomic E-state index is 0.0262. The lowest BCUT2D eigenvalue weighted by Gasteiger charge is -2.13. The van der Waals surface area contributed by atoms with Crippen LogP contribution in [0.5, 0.6) is 0 Å². The first kappa shape index (κ1) is 16.5. The Balaban J connectivity index is 1.66. The quantitative estimate of drug-likeness (QED) is 0.889. The van der Waals surface area contributed by atoms with Crippen molar-refractivity contribution in [3.05, 3.63) is 17.0 Å². The topological polar surface area (TPSA) is 81.1 Å². The minimum atomic E-state index is -3.58. The molecular weight excluding hydrogens is 314 g/mol. The van der Waals surface area contributed by atoms with E-state index in [4.69, 9.17) is 0 Å². The van der Waals surface area contributed by atoms with Crippen LogP contribution in [0.2, 0.25) is 0 Å². The SMILES string of the molecule is Cn1nc(C(=O)NS(=O)(=O)CCC2CCCC2)c2c1CCCC2. The number of aryl methyl sites for hydroxylation is 1. The van der Waals surface area contributed by atoms with Crippen LogP contribution in [0.4, 0.5) is 0 Å². The fraction of sp³-hybridized carbons (Fsp3) is 0.750. The number of carbonyl (C=O) groups excluding carboxylic acids is 1. The van der Waals surface area contributed by atoms with Gasteiger partial charge in [-0.2, -0.15) is 5.10 Å². The lowest BCUT2D eigenvalue weighted by molar-refractivity contribution is 0.0975. The molecule has 0 atom stereocenters. The number of amides is 1. The van der Waals surface area contributed by atoms with Crippen molar-refractivity contribution >= 4 is 15.9 Å². The average molecular weight is 339 g/mol. The van der Waals surface area contributed by atoms with Crippen LogP contribution in [0, 0.1) is 5.92 Å². The van der Waals surface area contributed by atoms with Crippen LogP contribution in [0.15, 0.2) is 0 Å². The zero-order valence-corrected chi connectivity index (χ0v) is 14.5. The van der Waals surface area contributed by atoms with Crippen LogP contribution in [-0.4, -0.2) is 29.9 Å². The highest BCUT2D eigenvalue weighted by atomic mass is 32.2. The third kappa shape index (κ3) is 3.76. The van der Waals surface area contributed by atoms with Gasteiger partial charge in [0.05, 0.1) is 5.75 Å². The molecule has 7 heteroatoms. The zero-order chi connectivity index (χ0) is 16.4. The molecule has 1 aromatic rings. The first-order chi connectivity index (χ1) is 11.0. The van der Waals surface area contributed by atoms with E-state index in [0.717, 1.165) is 49.8 Å². The Hall–Kier alpha value is -1.37. The predicted molar refractivity (Wildman–Crippen MR) is 87.7 cm³/mol. The zero-order valence-electron chi connectivity index (χ0n) is 13.7. The van der Waals surface area contributed by atoms with Crippen molar-refractivity contribution in [2.45, 2.75) is 57.8 Å². The monoisotopic (exact) mass is 339 g/mol. The normalized spacial score (nSPS) is 18.8. The van der Waals surface area contributed by atoms with Gasteiger partial charge in [-0.1, -0.05) is 25.7 Å². The second-order valence-electron chi connectivity index (χ2n) is 6.79. The molecule has 0 radical (unpaired) electrons. The maximum atomic E-state index is 12.4. The van der Waals surface area contributed by atoms with Crippen molar-refractivity contribution in [2.24, 2.45) is 13.0 Å². The predicted octanol–water partition coefficient (Wildman–Crippen LogP) is 1.94. The van der Waals surface area contributed by atoms with Gasteiger partial charge in [-0.05, 0) is 38.0 Å². The van der Waals surface area contributed by atoms with Gasteiger partial charge in [0, 0.05) is 18.3 Å². The number of nitrogens with one attached hydrogen (secondary N) is 1. The van der Waals surface area contributed by atoms with Crippen molar-refractivity contribution in [1.82, 2.24) is 14.5 Å². The van der Waals surface area contributed by atoms with E-state index in [1.54, 1.807) is 4.68 Å². The van der Waals surface area contributed by atoms with Gasteiger partial charge < -0.3 is 0 Å². The standard InChI is InChI=1S/C16H25N3O3S/c1-19-14-9-5-4-8-13(14)15(17-19)16(20)18-23(21,22)11-10-12-6-2-3-7-12/h12H,2-11H2,1H3,(H,18,20). The summed E-state index contributed by atoms with van der Waals surface area (Å²) in [6.07, 6.45) is 9.06. The summed E-state index contributed by atoms with van der Waals surface area (Å²) in [5, 5.41) is 4.25. The lowest BCUT2D eigenvalue weighted by Crippen LogP contribution is -2.34. The third-order valence-corrected chi connectivity index (χ3v) is 6.37. The number of hydrogen-bond donors (Lipinski definition) is 1. The van der Waals surface area contributed by atoms with Crippen LogP contribution in [0.25, 0.3) is 0 Å². The molecule has 0 aromatic carbocycles. The maximum absolute atomic E-state index is 12.4. The van der Waals surface area contributed by atoms with E-state index < -0.39 is 15.9 Å². The van der Waals surface area contributed by atoms with Gasteiger partial charge in [-0.15, -0.1) is 0 Å². The second kappa shape index (κ2) is 6.63. The summed E-state index contributed by atoms with van der Waals surface area (Å²) in [5.41, 5.74) is 2.26. The fourth-order valence-electron chi connectivity index (χ4n) is 3.82. The fourth-order valence-corrected chi connectivity index (χ4v) is 4.94. The van der Waals surface area contributed by atoms with Crippen LogP contribution in [0.1, 0.15) is 66.7 Å². The number of nitrogens with zero attached hydrogens (tertiary/aromatic N) is 2. The van der Waals surface area contributed by atoms with Gasteiger partial charge in [-0.25, -0.2) is 13.1 Å². The molecule has 0 unspecified atom stereocenters. The largest absolute Gasteiger partial charge is 0.285 e. The summed E-state index contributed by atoms with van der Waals surface area (Å²) in [6.45, 7) is 0. The number of rotatable bonds is 5. The Bertz CT molecular complexity index is 688. The number of fused-ring (bicyclic) bond motifs is 1. The summed E-state index contributed by atoms with van der Waals surface area (Å²) < 4.78 is 28.3. The van der Waals surface area contributed by atoms with Crippen LogP contribution >= 0.6 is 0 Å². The molecule has 0 bridgehead atoms. The van der Waals surface area contributed by atoms with Crippen LogP contribution < -0.4 is 4.72 Å². The molecule has 1 fully saturated rings. The number of carbonyl (C=O) groups is 1. The van der Waals surface area contributed by atoms with Crippen LogP contribution in [-0.2, 0) is 29.9 Å². The summed E-state index contributed by atoms with van der Waals surface area (Å²) >= 11 is 0. The van der Waals surface area contributed by atoms with E-state index in [9.17, 15) is 13.2 Å². The highest BCUT2D eigenvalue weighted by Crippen LogP contribution is 2.28. The molecule has 128 valence electrons. The number of sulfonamides is 1. The Morgan fingerprint density at radius 2 is 1.91 bits per heavy atom. The van der Waals surface area contributed by atoms with Gasteiger partial charge in [0.25, 0.3) is 5.91 Å². The van der Waals surface area contributed by atoms with E-state index in [2.05, 4.69) is 9.82 Å². The highest BCUT2D eigenvalue weighted by Gasteiger charge is 2.27. The van der Waals surface area contributed by atoms with E-state index in [1.165, 1.54) is 12.8 Å². The molecule has 2 aliphatic carbocycles. The number of aromatic nitrogens is 2. The van der Waals surface area contributed by atoms with Gasteiger partial charge in [-0.3, -0.25) is 9.48 Å². The molecule has 0 spiro atoms. The highest BCUT2D eigenvalue weighted by molar-refractivity contribution is 7.90. The molecular formula is C16H25N3O3S. The molecule has 1 heterocycles. The minimum Gasteiger partial charge on any atom is -0.272 e. The van der Waals surface area contributed by atoms with Gasteiger partial charge in [0.15, 0.2) is 5.69 Å². The molecule has 0 saturated heterocycles. The molecule has 1 amide bonds. The van der Waals surface area contributed by atoms with Crippen molar-refractivity contribution in [2.75, 3.05) is 5.75 Å². The number of hydrogen-bond acceptors (Lipinski definition) is 4. The third-order valence-electron chi connectivity index (χ3n) is 5.10. The van der Waals surface area contributed by atoms with E-state index >= 15 is 0 Å². The van der Waals surface area contributed by atoms with Crippen LogP contribution in [0.3, 0.4) is 0 Å². The Morgan fingerprint density at radius 1 is 1.22 bits per heavy atom. The van der Waals surface area contributed by atoms with E-state index in [0.29, 0.717) is 12.3 Å². The molecule has 1 aromatic heterocycles. The molecule has 0 aliphatic heterocycles. The Labute approximate surface area is 137 Å². The smallest absolute Gasteiger partial charge is 0.272 e. The van der Waals surface area contributed by atoms with Gasteiger partial charge >= 0.3 is 0 Å². The van der Waals surface area contributed by atoms with Crippen molar-refractivity contribution < 1.29 is 13.2 Å². The lowest BCUT2D eigenvalue weighted by atomic mass is 9.95. The van der Waals surface area contributed by atoms with Crippen molar-refractivity contribution in [3.63, 3.8) is 0 Å². The Morgan fingerprint density at radius 3 is 2.65 bits per heavy atom. The van der Waals surface area contributed by atoms with E-state index in [1.807, 2.05) is 7.05 Å². The molecule has 3 rings (SSSR count). The average Bonchev–Trinajstić information content (AvgIpc) is 3.14. The molecule has 1 N–H and O–H groups in total. The van der Waals surface area contributed by atoms with Gasteiger partial charge in [0.1, 0.15) is 0 Å². The second-order valence-corrected chi connectivity index (χ2v) is 8.64. The van der Waals surface area contributed by atoms with Gasteiger partial charge in [0.2, 0.25) is 10.0 Å². The Kier molecular flexibility index (Phi) is 4.75. The summed E-state index contributed by atoms with van der Waals surface area (Å²) in [4.78, 5) is 12.4. The first-order valence-electron chi connectivity index (χ1n) is 8.56. The van der Waals surface area contributed by atoms with Crippen molar-refractivity contribution in [1.29, 1.82) is 0 Å². The summed E-state index contributed by atoms with van der Waals surface area (Å²) in [7, 11) is -1.77. The molecule has 6 nitrogen and oxygen atoms in total. The summed E-state index contributed by atoms with van der Waals surface area (Å²) in [5.74, 6) is -0.0576. The summed E-state index contributed by atoms with van der Waals surface area (Å²) in [6, 6.07) is 0. The van der Waals surface area contributed by atoms with Crippen molar-refractivity contribution in [3.8, 4) is 0 Å².